The third kappa shape index (κ3) is 3.68. The number of hydrogen-bond donors (Lipinski definition) is 2. The first kappa shape index (κ1) is 14.8. The van der Waals surface area contributed by atoms with Crippen LogP contribution in [-0.2, 0) is 0 Å². The number of benzene rings is 1. The van der Waals surface area contributed by atoms with Crippen LogP contribution in [0.4, 0.5) is 17.3 Å². The Morgan fingerprint density at radius 2 is 2.00 bits per heavy atom. The van der Waals surface area contributed by atoms with Crippen LogP contribution >= 0.6 is 0 Å². The fraction of sp³-hybridized carbons (Fsp3) is 0.267. The zero-order valence-electron chi connectivity index (χ0n) is 12.1. The van der Waals surface area contributed by atoms with Crippen LogP contribution in [0.5, 0.6) is 0 Å². The Kier molecular flexibility index (Phi) is 4.71. The summed E-state index contributed by atoms with van der Waals surface area (Å²) in [6, 6.07) is 8.46. The predicted molar refractivity (Wildman–Crippen MR) is 82.3 cm³/mol. The molecule has 0 amide bonds. The summed E-state index contributed by atoms with van der Waals surface area (Å²) in [7, 11) is 0. The third-order valence-corrected chi connectivity index (χ3v) is 3.12. The number of carboxylic acids is 1. The molecule has 0 fully saturated rings. The molecule has 0 spiro atoms. The van der Waals surface area contributed by atoms with Crippen LogP contribution < -0.4 is 10.2 Å². The standard InChI is InChI=1S/C15H18N4O2/c1-3-19(4-2)14-9-13(16-10-17-14)18-12-7-5-6-11(8-12)15(20)21/h5-10H,3-4H2,1-2H3,(H,20,21)(H,16,17,18). The molecule has 2 aromatic rings. The van der Waals surface area contributed by atoms with Crippen LogP contribution in [0.15, 0.2) is 36.7 Å². The lowest BCUT2D eigenvalue weighted by molar-refractivity contribution is 0.0697. The molecular weight excluding hydrogens is 268 g/mol. The Bertz CT molecular complexity index is 627. The van der Waals surface area contributed by atoms with Crippen molar-refractivity contribution >= 4 is 23.3 Å². The summed E-state index contributed by atoms with van der Waals surface area (Å²) in [5.41, 5.74) is 0.914. The Morgan fingerprint density at radius 3 is 2.67 bits per heavy atom. The molecule has 6 nitrogen and oxygen atoms in total. The summed E-state index contributed by atoms with van der Waals surface area (Å²) in [6.45, 7) is 5.85. The molecule has 1 aromatic heterocycles. The number of hydrogen-bond acceptors (Lipinski definition) is 5. The lowest BCUT2D eigenvalue weighted by atomic mass is 10.2. The van der Waals surface area contributed by atoms with Gasteiger partial charge in [-0.2, -0.15) is 0 Å². The van der Waals surface area contributed by atoms with Gasteiger partial charge in [0, 0.05) is 24.8 Å². The van der Waals surface area contributed by atoms with Gasteiger partial charge < -0.3 is 15.3 Å². The molecule has 1 aromatic carbocycles. The molecule has 2 rings (SSSR count). The van der Waals surface area contributed by atoms with Crippen LogP contribution in [-0.4, -0.2) is 34.1 Å². The van der Waals surface area contributed by atoms with Crippen LogP contribution in [0.1, 0.15) is 24.2 Å². The van der Waals surface area contributed by atoms with E-state index in [-0.39, 0.29) is 5.56 Å². The van der Waals surface area contributed by atoms with E-state index >= 15 is 0 Å². The molecule has 0 aliphatic rings. The molecule has 0 bridgehead atoms. The van der Waals surface area contributed by atoms with Crippen molar-refractivity contribution in [3.63, 3.8) is 0 Å². The first-order chi connectivity index (χ1) is 10.1. The van der Waals surface area contributed by atoms with Gasteiger partial charge in [0.05, 0.1) is 5.56 Å². The number of aromatic nitrogens is 2. The number of nitrogens with one attached hydrogen (secondary N) is 1. The van der Waals surface area contributed by atoms with E-state index in [4.69, 9.17) is 5.11 Å². The van der Waals surface area contributed by atoms with Crippen molar-refractivity contribution in [2.75, 3.05) is 23.3 Å². The Morgan fingerprint density at radius 1 is 1.24 bits per heavy atom. The van der Waals surface area contributed by atoms with Gasteiger partial charge in [-0.05, 0) is 32.0 Å². The van der Waals surface area contributed by atoms with Gasteiger partial charge >= 0.3 is 5.97 Å². The maximum Gasteiger partial charge on any atom is 0.335 e. The van der Waals surface area contributed by atoms with E-state index in [0.29, 0.717) is 11.5 Å². The number of anilines is 3. The average Bonchev–Trinajstić information content (AvgIpc) is 2.49. The highest BCUT2D eigenvalue weighted by molar-refractivity contribution is 5.89. The minimum atomic E-state index is -0.954. The second-order valence-electron chi connectivity index (χ2n) is 4.44. The Hall–Kier alpha value is -2.63. The minimum Gasteiger partial charge on any atom is -0.478 e. The van der Waals surface area contributed by atoms with Crippen LogP contribution in [0.3, 0.4) is 0 Å². The van der Waals surface area contributed by atoms with E-state index in [0.717, 1.165) is 18.9 Å². The normalized spacial score (nSPS) is 10.2. The quantitative estimate of drug-likeness (QED) is 0.850. The van der Waals surface area contributed by atoms with E-state index in [1.165, 1.54) is 6.33 Å². The zero-order valence-corrected chi connectivity index (χ0v) is 12.1. The summed E-state index contributed by atoms with van der Waals surface area (Å²) in [5, 5.41) is 12.1. The first-order valence-electron chi connectivity index (χ1n) is 6.81. The van der Waals surface area contributed by atoms with E-state index in [2.05, 4.69) is 34.0 Å². The van der Waals surface area contributed by atoms with Crippen molar-refractivity contribution in [1.29, 1.82) is 0 Å². The van der Waals surface area contributed by atoms with Crippen LogP contribution in [0.25, 0.3) is 0 Å². The zero-order chi connectivity index (χ0) is 15.2. The van der Waals surface area contributed by atoms with Crippen molar-refractivity contribution in [3.05, 3.63) is 42.2 Å². The summed E-state index contributed by atoms with van der Waals surface area (Å²) in [4.78, 5) is 21.5. The number of carboxylic acid groups (broad SMARTS) is 1. The molecule has 0 atom stereocenters. The monoisotopic (exact) mass is 286 g/mol. The lowest BCUT2D eigenvalue weighted by Crippen LogP contribution is -2.23. The summed E-state index contributed by atoms with van der Waals surface area (Å²) >= 11 is 0. The fourth-order valence-corrected chi connectivity index (χ4v) is 2.01. The van der Waals surface area contributed by atoms with Gasteiger partial charge in [0.25, 0.3) is 0 Å². The third-order valence-electron chi connectivity index (χ3n) is 3.12. The first-order valence-corrected chi connectivity index (χ1v) is 6.81. The molecule has 2 N–H and O–H groups in total. The smallest absolute Gasteiger partial charge is 0.335 e. The number of aromatic carboxylic acids is 1. The maximum absolute atomic E-state index is 11.0. The Balaban J connectivity index is 2.22. The SMILES string of the molecule is CCN(CC)c1cc(Nc2cccc(C(=O)O)c2)ncn1. The maximum atomic E-state index is 11.0. The van der Waals surface area contributed by atoms with Gasteiger partial charge in [-0.15, -0.1) is 0 Å². The molecule has 1 heterocycles. The summed E-state index contributed by atoms with van der Waals surface area (Å²) in [5.74, 6) is 0.520. The van der Waals surface area contributed by atoms with Crippen molar-refractivity contribution < 1.29 is 9.90 Å². The summed E-state index contributed by atoms with van der Waals surface area (Å²) in [6.07, 6.45) is 1.50. The van der Waals surface area contributed by atoms with Crippen LogP contribution in [0.2, 0.25) is 0 Å². The number of nitrogens with zero attached hydrogens (tertiary/aromatic N) is 3. The molecule has 0 saturated carbocycles. The van der Waals surface area contributed by atoms with Gasteiger partial charge in [-0.3, -0.25) is 0 Å². The van der Waals surface area contributed by atoms with Gasteiger partial charge in [0.2, 0.25) is 0 Å². The Labute approximate surface area is 123 Å². The predicted octanol–water partition coefficient (Wildman–Crippen LogP) is 2.76. The van der Waals surface area contributed by atoms with E-state index < -0.39 is 5.97 Å². The molecule has 0 radical (unpaired) electrons. The second-order valence-corrected chi connectivity index (χ2v) is 4.44. The number of carbonyl (C=O) groups is 1. The lowest BCUT2D eigenvalue weighted by Gasteiger charge is -2.19. The fourth-order valence-electron chi connectivity index (χ4n) is 2.01. The van der Waals surface area contributed by atoms with E-state index in [9.17, 15) is 4.79 Å². The number of rotatable bonds is 6. The highest BCUT2D eigenvalue weighted by Gasteiger charge is 2.07. The molecular formula is C15H18N4O2. The second kappa shape index (κ2) is 6.69. The van der Waals surface area contributed by atoms with Gasteiger partial charge in [0.1, 0.15) is 18.0 Å². The van der Waals surface area contributed by atoms with Gasteiger partial charge in [-0.25, -0.2) is 14.8 Å². The molecule has 6 heteroatoms. The highest BCUT2D eigenvalue weighted by atomic mass is 16.4. The van der Waals surface area contributed by atoms with E-state index in [1.54, 1.807) is 24.3 Å². The van der Waals surface area contributed by atoms with Crippen LogP contribution in [0, 0.1) is 0 Å². The molecule has 0 aliphatic carbocycles. The molecule has 0 saturated heterocycles. The highest BCUT2D eigenvalue weighted by Crippen LogP contribution is 2.19. The largest absolute Gasteiger partial charge is 0.478 e. The molecule has 0 aliphatic heterocycles. The van der Waals surface area contributed by atoms with Crippen molar-refractivity contribution in [2.24, 2.45) is 0 Å². The van der Waals surface area contributed by atoms with E-state index in [1.807, 2.05) is 6.07 Å². The molecule has 110 valence electrons. The van der Waals surface area contributed by atoms with Crippen molar-refractivity contribution in [3.8, 4) is 0 Å². The summed E-state index contributed by atoms with van der Waals surface area (Å²) < 4.78 is 0. The molecule has 21 heavy (non-hydrogen) atoms. The van der Waals surface area contributed by atoms with Gasteiger partial charge in [-0.1, -0.05) is 6.07 Å². The molecule has 0 unspecified atom stereocenters. The minimum absolute atomic E-state index is 0.234. The van der Waals surface area contributed by atoms with Crippen molar-refractivity contribution in [2.45, 2.75) is 13.8 Å². The van der Waals surface area contributed by atoms with Gasteiger partial charge in [0.15, 0.2) is 0 Å². The van der Waals surface area contributed by atoms with Crippen molar-refractivity contribution in [1.82, 2.24) is 9.97 Å². The average molecular weight is 286 g/mol. The topological polar surface area (TPSA) is 78.4 Å².